The third-order valence-corrected chi connectivity index (χ3v) is 9.22. The van der Waals surface area contributed by atoms with Crippen LogP contribution in [0.5, 0.6) is 5.75 Å². The van der Waals surface area contributed by atoms with Crippen LogP contribution in [-0.2, 0) is 15.8 Å². The molecule has 0 atom stereocenters. The monoisotopic (exact) mass is 625 g/mol. The minimum atomic E-state index is -5.37. The summed E-state index contributed by atoms with van der Waals surface area (Å²) in [5.74, 6) is -0.763. The molecule has 5 rings (SSSR count). The predicted octanol–water partition coefficient (Wildman–Crippen LogP) is 6.01. The molecule has 1 aliphatic heterocycles. The van der Waals surface area contributed by atoms with Gasteiger partial charge in [0.1, 0.15) is 17.4 Å². The predicted molar refractivity (Wildman–Crippen MR) is 152 cm³/mol. The Morgan fingerprint density at radius 1 is 0.837 bits per heavy atom. The van der Waals surface area contributed by atoms with E-state index in [9.17, 15) is 30.4 Å². The quantitative estimate of drug-likeness (QED) is 0.305. The van der Waals surface area contributed by atoms with E-state index in [-0.39, 0.29) is 17.7 Å². The number of rotatable bonds is 8. The number of aromatic nitrogens is 2. The number of halogens is 5. The van der Waals surface area contributed by atoms with Crippen molar-refractivity contribution in [2.24, 2.45) is 0 Å². The Labute approximate surface area is 246 Å². The highest BCUT2D eigenvalue weighted by molar-refractivity contribution is 7.92. The summed E-state index contributed by atoms with van der Waals surface area (Å²) in [6.45, 7) is 3.55. The Hall–Kier alpha value is -3.68. The van der Waals surface area contributed by atoms with Crippen LogP contribution in [0, 0.1) is 0 Å². The minimum Gasteiger partial charge on any atom is -0.490 e. The van der Waals surface area contributed by atoms with Crippen LogP contribution in [0.3, 0.4) is 0 Å². The number of hydrogen-bond donors (Lipinski definition) is 1. The lowest BCUT2D eigenvalue weighted by atomic mass is 9.92. The molecule has 0 radical (unpaired) electrons. The minimum absolute atomic E-state index is 0.00556. The van der Waals surface area contributed by atoms with Gasteiger partial charge in [-0.25, -0.2) is 27.2 Å². The highest BCUT2D eigenvalue weighted by atomic mass is 32.2. The van der Waals surface area contributed by atoms with Crippen molar-refractivity contribution in [3.05, 3.63) is 66.5 Å². The number of alkyl halides is 5. The van der Waals surface area contributed by atoms with E-state index < -0.39 is 26.2 Å². The molecule has 1 saturated heterocycles. The number of pyridine rings is 2. The van der Waals surface area contributed by atoms with E-state index in [0.29, 0.717) is 43.4 Å². The van der Waals surface area contributed by atoms with Gasteiger partial charge in [0.2, 0.25) is 0 Å². The van der Waals surface area contributed by atoms with Gasteiger partial charge < -0.3 is 19.9 Å². The largest absolute Gasteiger partial charge is 0.501 e. The molecule has 2 aliphatic rings. The summed E-state index contributed by atoms with van der Waals surface area (Å²) in [6.07, 6.45) is 6.01. The van der Waals surface area contributed by atoms with Gasteiger partial charge in [0, 0.05) is 68.9 Å². The average molecular weight is 626 g/mol. The molecule has 0 unspecified atom stereocenters. The van der Waals surface area contributed by atoms with E-state index in [1.807, 2.05) is 12.1 Å². The molecule has 3 aromatic rings. The number of benzene rings is 1. The number of sulfone groups is 1. The molecule has 1 saturated carbocycles. The molecule has 43 heavy (non-hydrogen) atoms. The van der Waals surface area contributed by atoms with Crippen LogP contribution < -0.4 is 19.9 Å². The fraction of sp³-hybridized carbons (Fsp3) is 0.448. The summed E-state index contributed by atoms with van der Waals surface area (Å²) in [5, 5.41) is 3.27. The van der Waals surface area contributed by atoms with Crippen molar-refractivity contribution in [3.63, 3.8) is 0 Å². The molecule has 1 aromatic carbocycles. The number of hydrogen-bond acceptors (Lipinski definition) is 8. The van der Waals surface area contributed by atoms with Gasteiger partial charge >= 0.3 is 5.51 Å². The fourth-order valence-corrected chi connectivity index (χ4v) is 6.02. The first-order valence-corrected chi connectivity index (χ1v) is 15.4. The average Bonchev–Trinajstić information content (AvgIpc) is 2.98. The summed E-state index contributed by atoms with van der Waals surface area (Å²) in [6, 6.07) is 11.5. The molecule has 0 spiro atoms. The van der Waals surface area contributed by atoms with Gasteiger partial charge in [0.25, 0.3) is 15.8 Å². The molecule has 232 valence electrons. The van der Waals surface area contributed by atoms with Crippen molar-refractivity contribution in [2.75, 3.05) is 41.3 Å². The molecular formula is C29H32F5N5O3S. The van der Waals surface area contributed by atoms with Crippen LogP contribution in [0.1, 0.15) is 38.2 Å². The lowest BCUT2D eigenvalue weighted by Crippen LogP contribution is -2.47. The number of nitrogens with one attached hydrogen (secondary N) is 1. The third-order valence-electron chi connectivity index (χ3n) is 7.72. The van der Waals surface area contributed by atoms with E-state index >= 15 is 0 Å². The van der Waals surface area contributed by atoms with E-state index in [2.05, 4.69) is 25.1 Å². The van der Waals surface area contributed by atoms with Crippen LogP contribution in [-0.4, -0.2) is 62.2 Å². The SMILES string of the molecule is CC(F)(F)c1ccc(N2CCN(c3cc(O[C@H]4CC[C@H](Nc5ccc(S(=O)(=O)C(F)(F)F)cc5)CC4)ccn3)CC2)nc1. The number of piperazine rings is 1. The molecular weight excluding hydrogens is 593 g/mol. The van der Waals surface area contributed by atoms with E-state index in [0.717, 1.165) is 50.6 Å². The first-order chi connectivity index (χ1) is 20.3. The van der Waals surface area contributed by atoms with E-state index in [1.165, 1.54) is 24.4 Å². The highest BCUT2D eigenvalue weighted by Crippen LogP contribution is 2.32. The zero-order chi connectivity index (χ0) is 30.8. The summed E-state index contributed by atoms with van der Waals surface area (Å²) < 4.78 is 94.7. The highest BCUT2D eigenvalue weighted by Gasteiger charge is 2.46. The summed E-state index contributed by atoms with van der Waals surface area (Å²) >= 11 is 0. The van der Waals surface area contributed by atoms with Crippen LogP contribution >= 0.6 is 0 Å². The maximum atomic E-state index is 13.5. The molecule has 2 fully saturated rings. The Kier molecular flexibility index (Phi) is 8.68. The molecule has 14 heteroatoms. The second-order valence-electron chi connectivity index (χ2n) is 10.8. The smallest absolute Gasteiger partial charge is 0.490 e. The van der Waals surface area contributed by atoms with Crippen molar-refractivity contribution in [1.29, 1.82) is 0 Å². The molecule has 0 amide bonds. The van der Waals surface area contributed by atoms with Gasteiger partial charge in [0.05, 0.1) is 11.0 Å². The molecule has 1 aliphatic carbocycles. The normalized spacial score (nSPS) is 20.1. The van der Waals surface area contributed by atoms with Gasteiger partial charge in [-0.15, -0.1) is 0 Å². The van der Waals surface area contributed by atoms with Gasteiger partial charge in [-0.1, -0.05) is 0 Å². The first kappa shape index (κ1) is 30.8. The number of nitrogens with zero attached hydrogens (tertiary/aromatic N) is 4. The second kappa shape index (κ2) is 12.1. The van der Waals surface area contributed by atoms with Gasteiger partial charge in [-0.3, -0.25) is 0 Å². The van der Waals surface area contributed by atoms with Crippen LogP contribution in [0.2, 0.25) is 0 Å². The standard InChI is InChI=1S/C29H32F5N5O3S/c1-28(30,31)20-2-11-26(36-19-20)38-14-16-39(17-15-38)27-18-24(12-13-35-27)42-23-7-3-21(4-8-23)37-22-5-9-25(10-6-22)43(40,41)29(32,33)34/h2,5-6,9-13,18-19,21,23,37H,3-4,7-8,14-17H2,1H3/t21-,23-. The second-order valence-corrected chi connectivity index (χ2v) is 12.8. The van der Waals surface area contributed by atoms with Gasteiger partial charge in [-0.2, -0.15) is 13.2 Å². The maximum Gasteiger partial charge on any atom is 0.501 e. The van der Waals surface area contributed by atoms with Gasteiger partial charge in [-0.05, 0) is 68.1 Å². The van der Waals surface area contributed by atoms with Crippen LogP contribution in [0.4, 0.5) is 39.3 Å². The molecule has 3 heterocycles. The fourth-order valence-electron chi connectivity index (χ4n) is 5.26. The number of anilines is 3. The van der Waals surface area contributed by atoms with Crippen molar-refractivity contribution in [1.82, 2.24) is 9.97 Å². The molecule has 0 bridgehead atoms. The Morgan fingerprint density at radius 3 is 2.02 bits per heavy atom. The van der Waals surface area contributed by atoms with Crippen LogP contribution in [0.25, 0.3) is 0 Å². The Morgan fingerprint density at radius 2 is 1.47 bits per heavy atom. The maximum absolute atomic E-state index is 13.5. The lowest BCUT2D eigenvalue weighted by Gasteiger charge is -2.36. The molecule has 1 N–H and O–H groups in total. The lowest BCUT2D eigenvalue weighted by molar-refractivity contribution is -0.0436. The third kappa shape index (κ3) is 7.28. The molecule has 8 nitrogen and oxygen atoms in total. The zero-order valence-electron chi connectivity index (χ0n) is 23.4. The summed E-state index contributed by atoms with van der Waals surface area (Å²) in [4.78, 5) is 12.1. The topological polar surface area (TPSA) is 87.7 Å². The van der Waals surface area contributed by atoms with Crippen molar-refractivity contribution in [3.8, 4) is 5.75 Å². The summed E-state index contributed by atoms with van der Waals surface area (Å²) in [7, 11) is -5.37. The van der Waals surface area contributed by atoms with E-state index in [4.69, 9.17) is 4.74 Å². The Balaban J connectivity index is 1.09. The first-order valence-electron chi connectivity index (χ1n) is 13.9. The molecule has 2 aromatic heterocycles. The van der Waals surface area contributed by atoms with Crippen LogP contribution in [0.15, 0.2) is 65.8 Å². The zero-order valence-corrected chi connectivity index (χ0v) is 24.2. The summed E-state index contributed by atoms with van der Waals surface area (Å²) in [5.41, 5.74) is -4.89. The number of ether oxygens (including phenoxy) is 1. The van der Waals surface area contributed by atoms with Gasteiger partial charge in [0.15, 0.2) is 0 Å². The van der Waals surface area contributed by atoms with Crippen molar-refractivity contribution >= 4 is 27.2 Å². The van der Waals surface area contributed by atoms with E-state index in [1.54, 1.807) is 12.3 Å². The van der Waals surface area contributed by atoms with Crippen molar-refractivity contribution in [2.45, 2.75) is 61.1 Å². The Bertz CT molecular complexity index is 1480. The van der Waals surface area contributed by atoms with Crippen molar-refractivity contribution < 1.29 is 35.1 Å².